The first-order valence-corrected chi connectivity index (χ1v) is 8.72. The van der Waals surface area contributed by atoms with Crippen LogP contribution in [0, 0.1) is 0 Å². The molecule has 0 unspecified atom stereocenters. The van der Waals surface area contributed by atoms with Gasteiger partial charge in [0.05, 0.1) is 12.2 Å². The molecule has 0 fully saturated rings. The average molecular weight is 353 g/mol. The fourth-order valence-corrected chi connectivity index (χ4v) is 2.74. The molecule has 0 bridgehead atoms. The third-order valence-corrected chi connectivity index (χ3v) is 4.26. The lowest BCUT2D eigenvalue weighted by Gasteiger charge is -2.22. The number of carbonyl (C=O) groups is 1. The van der Waals surface area contributed by atoms with Crippen molar-refractivity contribution in [1.82, 2.24) is 29.4 Å². The molecule has 136 valence electrons. The Kier molecular flexibility index (Phi) is 5.62. The monoisotopic (exact) mass is 353 g/mol. The zero-order valence-corrected chi connectivity index (χ0v) is 15.0. The minimum atomic E-state index is -0.115. The summed E-state index contributed by atoms with van der Waals surface area (Å²) in [6.07, 6.45) is 7.73. The van der Waals surface area contributed by atoms with Gasteiger partial charge in [-0.15, -0.1) is 10.2 Å². The molecule has 0 saturated carbocycles. The minimum Gasteiger partial charge on any atom is -0.323 e. The Morgan fingerprint density at radius 3 is 2.69 bits per heavy atom. The van der Waals surface area contributed by atoms with E-state index in [-0.39, 0.29) is 6.03 Å². The summed E-state index contributed by atoms with van der Waals surface area (Å²) >= 11 is 0. The van der Waals surface area contributed by atoms with Gasteiger partial charge in [0.2, 0.25) is 0 Å². The SMILES string of the molecule is CCc1ccc(-n2cnnc2)cc1NC(=O)N(CC)CCn1cccn1. The highest BCUT2D eigenvalue weighted by molar-refractivity contribution is 5.90. The Morgan fingerprint density at radius 1 is 1.23 bits per heavy atom. The molecule has 0 spiro atoms. The largest absolute Gasteiger partial charge is 0.323 e. The lowest BCUT2D eigenvalue weighted by molar-refractivity contribution is 0.211. The maximum atomic E-state index is 12.7. The van der Waals surface area contributed by atoms with Crippen LogP contribution in [0.15, 0.2) is 49.3 Å². The Morgan fingerprint density at radius 2 is 2.04 bits per heavy atom. The van der Waals surface area contributed by atoms with Crippen LogP contribution >= 0.6 is 0 Å². The van der Waals surface area contributed by atoms with E-state index in [2.05, 4.69) is 27.5 Å². The van der Waals surface area contributed by atoms with E-state index in [4.69, 9.17) is 0 Å². The Hall–Kier alpha value is -3.16. The highest BCUT2D eigenvalue weighted by Crippen LogP contribution is 2.21. The molecule has 1 aromatic carbocycles. The van der Waals surface area contributed by atoms with Crippen LogP contribution in [0.3, 0.4) is 0 Å². The second-order valence-electron chi connectivity index (χ2n) is 5.84. The molecule has 0 aliphatic carbocycles. The Balaban J connectivity index is 1.73. The van der Waals surface area contributed by atoms with Crippen molar-refractivity contribution in [2.45, 2.75) is 26.8 Å². The van der Waals surface area contributed by atoms with E-state index >= 15 is 0 Å². The van der Waals surface area contributed by atoms with E-state index in [9.17, 15) is 4.79 Å². The van der Waals surface area contributed by atoms with Crippen molar-refractivity contribution >= 4 is 11.7 Å². The smallest absolute Gasteiger partial charge is 0.321 e. The molecule has 3 aromatic rings. The van der Waals surface area contributed by atoms with E-state index in [1.807, 2.05) is 46.6 Å². The second kappa shape index (κ2) is 8.28. The predicted octanol–water partition coefficient (Wildman–Crippen LogP) is 2.58. The number of anilines is 1. The highest BCUT2D eigenvalue weighted by atomic mass is 16.2. The number of urea groups is 1. The molecule has 2 heterocycles. The summed E-state index contributed by atoms with van der Waals surface area (Å²) in [5.74, 6) is 0. The zero-order valence-electron chi connectivity index (χ0n) is 15.0. The van der Waals surface area contributed by atoms with Gasteiger partial charge in [0.1, 0.15) is 12.7 Å². The highest BCUT2D eigenvalue weighted by Gasteiger charge is 2.14. The second-order valence-corrected chi connectivity index (χ2v) is 5.84. The number of nitrogens with one attached hydrogen (secondary N) is 1. The van der Waals surface area contributed by atoms with Crippen molar-refractivity contribution in [3.63, 3.8) is 0 Å². The maximum absolute atomic E-state index is 12.7. The molecule has 0 aliphatic heterocycles. The summed E-state index contributed by atoms with van der Waals surface area (Å²) < 4.78 is 3.63. The standard InChI is InChI=1S/C18H23N7O/c1-3-15-6-7-16(24-13-19-20-14-24)12-17(15)22-18(26)23(4-2)10-11-25-9-5-8-21-25/h5-9,12-14H,3-4,10-11H2,1-2H3,(H,22,26). The van der Waals surface area contributed by atoms with Crippen LogP contribution in [-0.2, 0) is 13.0 Å². The van der Waals surface area contributed by atoms with Crippen molar-refractivity contribution < 1.29 is 4.79 Å². The molecular formula is C18H23N7O. The number of rotatable bonds is 7. The van der Waals surface area contributed by atoms with E-state index in [0.29, 0.717) is 19.6 Å². The number of likely N-dealkylation sites (N-methyl/N-ethyl adjacent to an activating group) is 1. The summed E-state index contributed by atoms with van der Waals surface area (Å²) in [4.78, 5) is 14.5. The lowest BCUT2D eigenvalue weighted by atomic mass is 10.1. The van der Waals surface area contributed by atoms with Crippen molar-refractivity contribution in [2.24, 2.45) is 0 Å². The molecule has 8 heteroatoms. The van der Waals surface area contributed by atoms with Crippen molar-refractivity contribution in [1.29, 1.82) is 0 Å². The topological polar surface area (TPSA) is 80.9 Å². The molecule has 1 N–H and O–H groups in total. The van der Waals surface area contributed by atoms with Gasteiger partial charge < -0.3 is 10.2 Å². The molecule has 0 atom stereocenters. The first kappa shape index (κ1) is 17.7. The van der Waals surface area contributed by atoms with E-state index in [1.54, 1.807) is 23.8 Å². The summed E-state index contributed by atoms with van der Waals surface area (Å²) in [5, 5.41) is 14.9. The quantitative estimate of drug-likeness (QED) is 0.708. The molecule has 0 radical (unpaired) electrons. The Labute approximate surface area is 152 Å². The molecule has 0 saturated heterocycles. The first-order chi connectivity index (χ1) is 12.7. The van der Waals surface area contributed by atoms with E-state index < -0.39 is 0 Å². The van der Waals surface area contributed by atoms with E-state index in [1.165, 1.54) is 0 Å². The zero-order chi connectivity index (χ0) is 18.4. The van der Waals surface area contributed by atoms with Crippen molar-refractivity contribution in [3.8, 4) is 5.69 Å². The maximum Gasteiger partial charge on any atom is 0.321 e. The summed E-state index contributed by atoms with van der Waals surface area (Å²) in [6, 6.07) is 7.72. The van der Waals surface area contributed by atoms with Gasteiger partial charge in [-0.3, -0.25) is 9.25 Å². The van der Waals surface area contributed by atoms with Gasteiger partial charge in [0.25, 0.3) is 0 Å². The molecular weight excluding hydrogens is 330 g/mol. The predicted molar refractivity (Wildman–Crippen MR) is 99.2 cm³/mol. The van der Waals surface area contributed by atoms with Gasteiger partial charge in [-0.1, -0.05) is 13.0 Å². The van der Waals surface area contributed by atoms with Crippen LogP contribution < -0.4 is 5.32 Å². The summed E-state index contributed by atoms with van der Waals surface area (Å²) in [6.45, 7) is 5.92. The molecule has 8 nitrogen and oxygen atoms in total. The van der Waals surface area contributed by atoms with E-state index in [0.717, 1.165) is 23.4 Å². The molecule has 26 heavy (non-hydrogen) atoms. The molecule has 0 aliphatic rings. The van der Waals surface area contributed by atoms with Crippen LogP contribution in [0.25, 0.3) is 5.69 Å². The number of carbonyl (C=O) groups excluding carboxylic acids is 1. The third kappa shape index (κ3) is 4.08. The van der Waals surface area contributed by atoms with Crippen molar-refractivity contribution in [2.75, 3.05) is 18.4 Å². The summed E-state index contributed by atoms with van der Waals surface area (Å²) in [5.41, 5.74) is 2.79. The van der Waals surface area contributed by atoms with Gasteiger partial charge >= 0.3 is 6.03 Å². The summed E-state index contributed by atoms with van der Waals surface area (Å²) in [7, 11) is 0. The van der Waals surface area contributed by atoms with Crippen LogP contribution in [0.1, 0.15) is 19.4 Å². The number of benzene rings is 1. The number of aromatic nitrogens is 5. The molecule has 3 rings (SSSR count). The number of aryl methyl sites for hydroxylation is 1. The Bertz CT molecular complexity index is 827. The number of nitrogens with zero attached hydrogens (tertiary/aromatic N) is 6. The normalized spacial score (nSPS) is 10.7. The van der Waals surface area contributed by atoms with Crippen LogP contribution in [0.5, 0.6) is 0 Å². The van der Waals surface area contributed by atoms with Gasteiger partial charge in [-0.25, -0.2) is 4.79 Å². The number of hydrogen-bond donors (Lipinski definition) is 1. The van der Waals surface area contributed by atoms with Gasteiger partial charge in [0.15, 0.2) is 0 Å². The number of amides is 2. The fraction of sp³-hybridized carbons (Fsp3) is 0.333. The minimum absolute atomic E-state index is 0.115. The van der Waals surface area contributed by atoms with Crippen LogP contribution in [0.2, 0.25) is 0 Å². The average Bonchev–Trinajstić information content (AvgIpc) is 3.36. The van der Waals surface area contributed by atoms with Gasteiger partial charge in [-0.05, 0) is 37.1 Å². The van der Waals surface area contributed by atoms with Gasteiger partial charge in [0, 0.05) is 31.2 Å². The fourth-order valence-electron chi connectivity index (χ4n) is 2.74. The van der Waals surface area contributed by atoms with Crippen molar-refractivity contribution in [3.05, 3.63) is 54.9 Å². The van der Waals surface area contributed by atoms with Crippen LogP contribution in [-0.4, -0.2) is 48.6 Å². The van der Waals surface area contributed by atoms with Crippen LogP contribution in [0.4, 0.5) is 10.5 Å². The lowest BCUT2D eigenvalue weighted by Crippen LogP contribution is -2.37. The number of hydrogen-bond acceptors (Lipinski definition) is 4. The molecule has 2 aromatic heterocycles. The first-order valence-electron chi connectivity index (χ1n) is 8.72. The van der Waals surface area contributed by atoms with Gasteiger partial charge in [-0.2, -0.15) is 5.10 Å². The molecule has 2 amide bonds. The third-order valence-electron chi connectivity index (χ3n) is 4.26.